The molecule has 0 saturated heterocycles. The van der Waals surface area contributed by atoms with Crippen molar-refractivity contribution in [3.63, 3.8) is 0 Å². The molecular weight excluding hydrogens is 387 g/mol. The SMILES string of the molecule is [2H]C([2H])([2H])C(CC)(C(=O)OC1=C(c2ccc(Cl)cc2Cl)C(=O)OC12CCCCC2)C([2H])([2H])[2H]. The number of rotatable bonds is 4. The lowest BCUT2D eigenvalue weighted by Crippen LogP contribution is -2.38. The summed E-state index contributed by atoms with van der Waals surface area (Å²) in [5.74, 6) is -2.42. The fourth-order valence-electron chi connectivity index (χ4n) is 3.44. The Morgan fingerprint density at radius 3 is 2.59 bits per heavy atom. The van der Waals surface area contributed by atoms with Crippen LogP contribution in [0.1, 0.15) is 72.9 Å². The first kappa shape index (κ1) is 13.6. The fourth-order valence-corrected chi connectivity index (χ4v) is 3.94. The van der Waals surface area contributed by atoms with E-state index in [4.69, 9.17) is 40.9 Å². The summed E-state index contributed by atoms with van der Waals surface area (Å²) in [5.41, 5.74) is -4.02. The summed E-state index contributed by atoms with van der Waals surface area (Å²) in [6, 6.07) is 4.37. The standard InChI is InChI=1S/C21H24Cl2O4/c1-4-20(2,3)19(25)26-17-16(14-9-8-13(22)12-15(14)23)18(24)27-21(17)10-6-5-7-11-21/h8-9,12H,4-7,10-11H2,1-3H3/i2D3,3D3. The van der Waals surface area contributed by atoms with Crippen LogP contribution < -0.4 is 0 Å². The number of esters is 2. The van der Waals surface area contributed by atoms with E-state index in [1.54, 1.807) is 0 Å². The summed E-state index contributed by atoms with van der Waals surface area (Å²) in [7, 11) is 0. The van der Waals surface area contributed by atoms with E-state index in [9.17, 15) is 9.59 Å². The van der Waals surface area contributed by atoms with Crippen LogP contribution in [0.2, 0.25) is 10.0 Å². The van der Waals surface area contributed by atoms with Crippen molar-refractivity contribution in [1.82, 2.24) is 0 Å². The summed E-state index contributed by atoms with van der Waals surface area (Å²) in [5, 5.41) is 0.417. The molecule has 0 atom stereocenters. The van der Waals surface area contributed by atoms with Crippen LogP contribution in [0.25, 0.3) is 5.57 Å². The molecule has 0 unspecified atom stereocenters. The molecule has 0 bridgehead atoms. The van der Waals surface area contributed by atoms with Gasteiger partial charge < -0.3 is 9.47 Å². The molecule has 0 aromatic heterocycles. The van der Waals surface area contributed by atoms with E-state index in [0.29, 0.717) is 30.7 Å². The number of carbonyl (C=O) groups is 2. The van der Waals surface area contributed by atoms with Crippen LogP contribution in [0.3, 0.4) is 0 Å². The lowest BCUT2D eigenvalue weighted by Gasteiger charge is -2.34. The van der Waals surface area contributed by atoms with Crippen LogP contribution in [0.15, 0.2) is 24.0 Å². The molecule has 1 aliphatic carbocycles. The minimum atomic E-state index is -3.19. The predicted molar refractivity (Wildman–Crippen MR) is 105 cm³/mol. The van der Waals surface area contributed by atoms with Gasteiger partial charge in [0.15, 0.2) is 11.4 Å². The van der Waals surface area contributed by atoms with Gasteiger partial charge in [-0.2, -0.15) is 0 Å². The quantitative estimate of drug-likeness (QED) is 0.569. The highest BCUT2D eigenvalue weighted by Gasteiger charge is 2.52. The second-order valence-electron chi connectivity index (χ2n) is 6.92. The highest BCUT2D eigenvalue weighted by Crippen LogP contribution is 2.48. The molecule has 1 aromatic rings. The van der Waals surface area contributed by atoms with Crippen molar-refractivity contribution in [2.75, 3.05) is 0 Å². The third-order valence-electron chi connectivity index (χ3n) is 5.07. The molecule has 3 rings (SSSR count). The molecule has 1 heterocycles. The van der Waals surface area contributed by atoms with Gasteiger partial charge in [-0.3, -0.25) is 4.79 Å². The van der Waals surface area contributed by atoms with Crippen LogP contribution >= 0.6 is 23.2 Å². The van der Waals surface area contributed by atoms with Gasteiger partial charge in [-0.15, -0.1) is 0 Å². The maximum Gasteiger partial charge on any atom is 0.343 e. The Balaban J connectivity index is 2.22. The summed E-state index contributed by atoms with van der Waals surface area (Å²) < 4.78 is 58.5. The third-order valence-corrected chi connectivity index (χ3v) is 5.62. The molecule has 6 heteroatoms. The first-order chi connectivity index (χ1) is 15.2. The lowest BCUT2D eigenvalue weighted by molar-refractivity contribution is -0.160. The topological polar surface area (TPSA) is 52.6 Å². The van der Waals surface area contributed by atoms with Crippen molar-refractivity contribution < 1.29 is 27.3 Å². The normalized spacial score (nSPS) is 23.6. The number of halogens is 2. The molecule has 1 fully saturated rings. The molecule has 2 aliphatic rings. The molecule has 4 nitrogen and oxygen atoms in total. The average Bonchev–Trinajstić information content (AvgIpc) is 2.92. The van der Waals surface area contributed by atoms with E-state index in [1.807, 2.05) is 0 Å². The molecule has 27 heavy (non-hydrogen) atoms. The van der Waals surface area contributed by atoms with E-state index in [0.717, 1.165) is 6.42 Å². The monoisotopic (exact) mass is 416 g/mol. The van der Waals surface area contributed by atoms with Crippen LogP contribution in [-0.4, -0.2) is 17.5 Å². The maximum atomic E-state index is 13.4. The van der Waals surface area contributed by atoms with E-state index in [1.165, 1.54) is 25.1 Å². The molecule has 0 radical (unpaired) electrons. The second-order valence-corrected chi connectivity index (χ2v) is 7.76. The van der Waals surface area contributed by atoms with E-state index in [-0.39, 0.29) is 21.9 Å². The van der Waals surface area contributed by atoms with Gasteiger partial charge in [0, 0.05) is 18.8 Å². The number of ether oxygens (including phenoxy) is 2. The second kappa shape index (κ2) is 7.48. The third kappa shape index (κ3) is 3.74. The van der Waals surface area contributed by atoms with Crippen molar-refractivity contribution >= 4 is 40.7 Å². The zero-order valence-electron chi connectivity index (χ0n) is 20.9. The largest absolute Gasteiger partial charge is 0.447 e. The smallest absolute Gasteiger partial charge is 0.343 e. The minimum absolute atomic E-state index is 0.101. The fraction of sp³-hybridized carbons (Fsp3) is 0.524. The molecule has 0 N–H and O–H groups in total. The highest BCUT2D eigenvalue weighted by atomic mass is 35.5. The van der Waals surface area contributed by atoms with Gasteiger partial charge in [0.2, 0.25) is 0 Å². The first-order valence-corrected chi connectivity index (χ1v) is 9.61. The van der Waals surface area contributed by atoms with Crippen molar-refractivity contribution in [2.45, 2.75) is 64.8 Å². The van der Waals surface area contributed by atoms with Crippen LogP contribution in [-0.2, 0) is 19.1 Å². The summed E-state index contributed by atoms with van der Waals surface area (Å²) in [4.78, 5) is 26.4. The van der Waals surface area contributed by atoms with Gasteiger partial charge in [0.1, 0.15) is 5.57 Å². The zero-order valence-corrected chi connectivity index (χ0v) is 16.4. The first-order valence-electron chi connectivity index (χ1n) is 11.9. The maximum absolute atomic E-state index is 13.4. The Morgan fingerprint density at radius 2 is 2.00 bits per heavy atom. The Hall–Kier alpha value is -1.52. The summed E-state index contributed by atoms with van der Waals surface area (Å²) in [6.07, 6.45) is 2.39. The summed E-state index contributed by atoms with van der Waals surface area (Å²) >= 11 is 12.3. The molecular formula is C21H24Cl2O4. The molecule has 0 amide bonds. The van der Waals surface area contributed by atoms with E-state index in [2.05, 4.69) is 0 Å². The van der Waals surface area contributed by atoms with Crippen molar-refractivity contribution in [3.8, 4) is 0 Å². The lowest BCUT2D eigenvalue weighted by atomic mass is 9.82. The molecule has 1 spiro atoms. The number of benzene rings is 1. The van der Waals surface area contributed by atoms with Crippen LogP contribution in [0.5, 0.6) is 0 Å². The van der Waals surface area contributed by atoms with E-state index >= 15 is 0 Å². The van der Waals surface area contributed by atoms with E-state index < -0.39 is 43.1 Å². The number of hydrogen-bond donors (Lipinski definition) is 0. The molecule has 1 aliphatic heterocycles. The Labute approximate surface area is 178 Å². The summed E-state index contributed by atoms with van der Waals surface area (Å²) in [6.45, 7) is -5.07. The Kier molecular flexibility index (Phi) is 3.77. The van der Waals surface area contributed by atoms with Crippen molar-refractivity contribution in [3.05, 3.63) is 39.6 Å². The Bertz CT molecular complexity index is 979. The highest BCUT2D eigenvalue weighted by molar-refractivity contribution is 6.37. The van der Waals surface area contributed by atoms with Gasteiger partial charge >= 0.3 is 11.9 Å². The van der Waals surface area contributed by atoms with Crippen molar-refractivity contribution in [1.29, 1.82) is 0 Å². The van der Waals surface area contributed by atoms with Crippen LogP contribution in [0.4, 0.5) is 0 Å². The Morgan fingerprint density at radius 1 is 1.30 bits per heavy atom. The molecule has 146 valence electrons. The van der Waals surface area contributed by atoms with Gasteiger partial charge in [-0.05, 0) is 57.9 Å². The zero-order chi connectivity index (χ0) is 24.8. The van der Waals surface area contributed by atoms with Crippen LogP contribution in [0, 0.1) is 5.41 Å². The predicted octanol–water partition coefficient (Wildman–Crippen LogP) is 5.94. The average molecular weight is 417 g/mol. The van der Waals surface area contributed by atoms with Gasteiger partial charge in [-0.1, -0.05) is 42.6 Å². The molecule has 1 saturated carbocycles. The number of carbonyl (C=O) groups excluding carboxylic acids is 2. The number of hydrogen-bond acceptors (Lipinski definition) is 4. The molecule has 1 aromatic carbocycles. The van der Waals surface area contributed by atoms with Crippen molar-refractivity contribution in [2.24, 2.45) is 5.41 Å². The van der Waals surface area contributed by atoms with Gasteiger partial charge in [0.25, 0.3) is 0 Å². The van der Waals surface area contributed by atoms with Gasteiger partial charge in [-0.25, -0.2) is 4.79 Å². The van der Waals surface area contributed by atoms with Gasteiger partial charge in [0.05, 0.1) is 10.4 Å². The minimum Gasteiger partial charge on any atom is -0.447 e.